The van der Waals surface area contributed by atoms with E-state index in [1.54, 1.807) is 25.5 Å². The molecule has 0 spiro atoms. The van der Waals surface area contributed by atoms with Gasteiger partial charge in [-0.05, 0) is 43.0 Å². The summed E-state index contributed by atoms with van der Waals surface area (Å²) in [7, 11) is 0. The third kappa shape index (κ3) is 3.51. The standard InChI is InChI=1S/C19H18N2O3/c1-3-24-19(22)17-9-16(13(2)10-20-17)8-14-4-6-15(7-5-14)18-11-23-12-21-18/h4-7,9-12H,3,8H2,1-2H3. The molecule has 0 amide bonds. The number of nitrogens with zero attached hydrogens (tertiary/aromatic N) is 2. The van der Waals surface area contributed by atoms with Gasteiger partial charge in [-0.15, -0.1) is 0 Å². The molecular weight excluding hydrogens is 304 g/mol. The summed E-state index contributed by atoms with van der Waals surface area (Å²) in [5, 5.41) is 0. The number of ether oxygens (including phenoxy) is 1. The van der Waals surface area contributed by atoms with Crippen LogP contribution in [0.4, 0.5) is 0 Å². The van der Waals surface area contributed by atoms with E-state index in [-0.39, 0.29) is 5.97 Å². The van der Waals surface area contributed by atoms with E-state index < -0.39 is 0 Å². The van der Waals surface area contributed by atoms with Crippen LogP contribution in [-0.2, 0) is 11.2 Å². The van der Waals surface area contributed by atoms with Crippen LogP contribution >= 0.6 is 0 Å². The zero-order valence-electron chi connectivity index (χ0n) is 13.7. The Morgan fingerprint density at radius 2 is 2.00 bits per heavy atom. The highest BCUT2D eigenvalue weighted by Gasteiger charge is 2.11. The fourth-order valence-electron chi connectivity index (χ4n) is 2.44. The third-order valence-corrected chi connectivity index (χ3v) is 3.78. The molecule has 3 rings (SSSR count). The van der Waals surface area contributed by atoms with Gasteiger partial charge in [0.25, 0.3) is 0 Å². The first-order chi connectivity index (χ1) is 11.7. The Bertz CT molecular complexity index is 824. The van der Waals surface area contributed by atoms with Crippen LogP contribution in [0.15, 0.2) is 53.6 Å². The van der Waals surface area contributed by atoms with Crippen LogP contribution in [0.5, 0.6) is 0 Å². The number of rotatable bonds is 5. The molecule has 122 valence electrons. The van der Waals surface area contributed by atoms with Gasteiger partial charge in [-0.25, -0.2) is 14.8 Å². The highest BCUT2D eigenvalue weighted by Crippen LogP contribution is 2.20. The van der Waals surface area contributed by atoms with Gasteiger partial charge in [-0.3, -0.25) is 0 Å². The molecular formula is C19H18N2O3. The molecule has 5 nitrogen and oxygen atoms in total. The molecule has 0 aliphatic heterocycles. The van der Waals surface area contributed by atoms with Gasteiger partial charge in [0.15, 0.2) is 6.39 Å². The molecule has 3 aromatic rings. The summed E-state index contributed by atoms with van der Waals surface area (Å²) in [4.78, 5) is 20.1. The van der Waals surface area contributed by atoms with Crippen molar-refractivity contribution in [3.8, 4) is 11.3 Å². The van der Waals surface area contributed by atoms with E-state index in [0.717, 1.165) is 34.4 Å². The minimum absolute atomic E-state index is 0.341. The van der Waals surface area contributed by atoms with E-state index >= 15 is 0 Å². The topological polar surface area (TPSA) is 65.2 Å². The summed E-state index contributed by atoms with van der Waals surface area (Å²) >= 11 is 0. The molecule has 24 heavy (non-hydrogen) atoms. The summed E-state index contributed by atoms with van der Waals surface area (Å²) < 4.78 is 10.0. The minimum atomic E-state index is -0.389. The number of aryl methyl sites for hydroxylation is 1. The lowest BCUT2D eigenvalue weighted by molar-refractivity contribution is 0.0519. The second kappa shape index (κ2) is 7.08. The Morgan fingerprint density at radius 3 is 2.67 bits per heavy atom. The van der Waals surface area contributed by atoms with Crippen LogP contribution in [0.3, 0.4) is 0 Å². The SMILES string of the molecule is CCOC(=O)c1cc(Cc2ccc(-c3cocn3)cc2)c(C)cn1. The van der Waals surface area contributed by atoms with Crippen molar-refractivity contribution in [2.75, 3.05) is 6.61 Å². The Morgan fingerprint density at radius 1 is 1.21 bits per heavy atom. The molecule has 0 aliphatic carbocycles. The first kappa shape index (κ1) is 15.9. The average molecular weight is 322 g/mol. The van der Waals surface area contributed by atoms with Crippen molar-refractivity contribution in [1.29, 1.82) is 0 Å². The predicted molar refractivity (Wildman–Crippen MR) is 89.7 cm³/mol. The van der Waals surface area contributed by atoms with Crippen molar-refractivity contribution in [2.45, 2.75) is 20.3 Å². The maximum absolute atomic E-state index is 11.8. The highest BCUT2D eigenvalue weighted by atomic mass is 16.5. The van der Waals surface area contributed by atoms with Crippen molar-refractivity contribution < 1.29 is 13.9 Å². The number of hydrogen-bond acceptors (Lipinski definition) is 5. The van der Waals surface area contributed by atoms with Gasteiger partial charge in [0, 0.05) is 11.8 Å². The number of carbonyl (C=O) groups excluding carboxylic acids is 1. The summed E-state index contributed by atoms with van der Waals surface area (Å²) in [5.74, 6) is -0.389. The number of esters is 1. The van der Waals surface area contributed by atoms with E-state index in [2.05, 4.69) is 9.97 Å². The number of carbonyl (C=O) groups is 1. The molecule has 0 saturated heterocycles. The van der Waals surface area contributed by atoms with Crippen molar-refractivity contribution >= 4 is 5.97 Å². The fraction of sp³-hybridized carbons (Fsp3) is 0.211. The Balaban J connectivity index is 1.80. The minimum Gasteiger partial charge on any atom is -0.461 e. The first-order valence-corrected chi connectivity index (χ1v) is 7.77. The van der Waals surface area contributed by atoms with E-state index in [0.29, 0.717) is 12.3 Å². The van der Waals surface area contributed by atoms with Crippen LogP contribution < -0.4 is 0 Å². The van der Waals surface area contributed by atoms with Gasteiger partial charge in [0.1, 0.15) is 17.7 Å². The number of oxazole rings is 1. The van der Waals surface area contributed by atoms with E-state index in [4.69, 9.17) is 9.15 Å². The van der Waals surface area contributed by atoms with E-state index in [1.807, 2.05) is 31.2 Å². The molecule has 0 aliphatic rings. The summed E-state index contributed by atoms with van der Waals surface area (Å²) in [6.45, 7) is 4.11. The highest BCUT2D eigenvalue weighted by molar-refractivity contribution is 5.87. The maximum atomic E-state index is 11.8. The normalized spacial score (nSPS) is 10.6. The molecule has 0 saturated carbocycles. The molecule has 0 atom stereocenters. The number of hydrogen-bond donors (Lipinski definition) is 0. The molecule has 2 heterocycles. The van der Waals surface area contributed by atoms with Gasteiger partial charge in [0.05, 0.1) is 6.61 Å². The van der Waals surface area contributed by atoms with Crippen LogP contribution in [0.25, 0.3) is 11.3 Å². The van der Waals surface area contributed by atoms with Gasteiger partial charge >= 0.3 is 5.97 Å². The summed E-state index contributed by atoms with van der Waals surface area (Å²) in [5.41, 5.74) is 5.41. The van der Waals surface area contributed by atoms with Crippen molar-refractivity contribution in [3.63, 3.8) is 0 Å². The molecule has 5 heteroatoms. The molecule has 0 radical (unpaired) electrons. The Kier molecular flexibility index (Phi) is 4.70. The molecule has 0 bridgehead atoms. The molecule has 0 unspecified atom stereocenters. The largest absolute Gasteiger partial charge is 0.461 e. The quantitative estimate of drug-likeness (QED) is 0.668. The molecule has 1 aromatic carbocycles. The van der Waals surface area contributed by atoms with Gasteiger partial charge in [-0.2, -0.15) is 0 Å². The average Bonchev–Trinajstić information content (AvgIpc) is 3.12. The van der Waals surface area contributed by atoms with Crippen LogP contribution in [0.2, 0.25) is 0 Å². The third-order valence-electron chi connectivity index (χ3n) is 3.78. The predicted octanol–water partition coefficient (Wildman–Crippen LogP) is 3.81. The molecule has 0 N–H and O–H groups in total. The summed E-state index contributed by atoms with van der Waals surface area (Å²) in [6, 6.07) is 9.92. The van der Waals surface area contributed by atoms with Crippen molar-refractivity contribution in [3.05, 3.63) is 71.6 Å². The fourth-order valence-corrected chi connectivity index (χ4v) is 2.44. The van der Waals surface area contributed by atoms with Crippen LogP contribution in [0, 0.1) is 6.92 Å². The van der Waals surface area contributed by atoms with Gasteiger partial charge in [0.2, 0.25) is 0 Å². The Labute approximate surface area is 140 Å². The first-order valence-electron chi connectivity index (χ1n) is 7.77. The lowest BCUT2D eigenvalue weighted by Gasteiger charge is -2.08. The Hall–Kier alpha value is -2.95. The maximum Gasteiger partial charge on any atom is 0.356 e. The second-order valence-electron chi connectivity index (χ2n) is 5.46. The lowest BCUT2D eigenvalue weighted by atomic mass is 10.00. The zero-order chi connectivity index (χ0) is 16.9. The van der Waals surface area contributed by atoms with Crippen molar-refractivity contribution in [1.82, 2.24) is 9.97 Å². The lowest BCUT2D eigenvalue weighted by Crippen LogP contribution is -2.08. The second-order valence-corrected chi connectivity index (χ2v) is 5.46. The molecule has 0 fully saturated rings. The van der Waals surface area contributed by atoms with Gasteiger partial charge < -0.3 is 9.15 Å². The number of pyridine rings is 1. The van der Waals surface area contributed by atoms with Crippen LogP contribution in [0.1, 0.15) is 34.1 Å². The summed E-state index contributed by atoms with van der Waals surface area (Å²) in [6.07, 6.45) is 5.47. The number of benzene rings is 1. The van der Waals surface area contributed by atoms with E-state index in [9.17, 15) is 4.79 Å². The van der Waals surface area contributed by atoms with Gasteiger partial charge in [-0.1, -0.05) is 24.3 Å². The van der Waals surface area contributed by atoms with Crippen LogP contribution in [-0.4, -0.2) is 22.5 Å². The van der Waals surface area contributed by atoms with E-state index in [1.165, 1.54) is 6.39 Å². The number of aromatic nitrogens is 2. The molecule has 2 aromatic heterocycles. The van der Waals surface area contributed by atoms with Crippen molar-refractivity contribution in [2.24, 2.45) is 0 Å². The zero-order valence-corrected chi connectivity index (χ0v) is 13.7. The monoisotopic (exact) mass is 322 g/mol. The smallest absolute Gasteiger partial charge is 0.356 e.